The van der Waals surface area contributed by atoms with Crippen LogP contribution in [-0.2, 0) is 11.0 Å². The summed E-state index contributed by atoms with van der Waals surface area (Å²) in [5, 5.41) is 10.5. The molecule has 5 rings (SSSR count). The molecule has 10 nitrogen and oxygen atoms in total. The number of methoxy groups -OCH3 is 1. The van der Waals surface area contributed by atoms with E-state index < -0.39 is 35.1 Å². The maximum Gasteiger partial charge on any atom is 0.419 e. The molecular formula is C32H28F4N6O4. The highest BCUT2D eigenvalue weighted by Crippen LogP contribution is 2.39. The third-order valence-corrected chi connectivity index (χ3v) is 7.18. The minimum Gasteiger partial charge on any atom is -0.494 e. The SMILES string of the molecule is CNC(=O)c1ccccc1NC(=O)c1cc(F)ccc1Nc1cc(Nc2ccc(N3CCCC3=O)cc2OC)ncc1C(F)(F)F. The van der Waals surface area contributed by atoms with Gasteiger partial charge in [-0.3, -0.25) is 14.4 Å². The summed E-state index contributed by atoms with van der Waals surface area (Å²) in [5.74, 6) is -1.88. The number of rotatable bonds is 9. The number of hydrogen-bond acceptors (Lipinski definition) is 7. The minimum absolute atomic E-state index is 0.00795. The number of carbonyl (C=O) groups excluding carboxylic acids is 3. The Labute approximate surface area is 260 Å². The summed E-state index contributed by atoms with van der Waals surface area (Å²) in [4.78, 5) is 43.3. The largest absolute Gasteiger partial charge is 0.494 e. The van der Waals surface area contributed by atoms with E-state index in [0.29, 0.717) is 36.3 Å². The zero-order valence-electron chi connectivity index (χ0n) is 24.6. The lowest BCUT2D eigenvalue weighted by Gasteiger charge is -2.20. The van der Waals surface area contributed by atoms with E-state index in [9.17, 15) is 31.9 Å². The third-order valence-electron chi connectivity index (χ3n) is 7.18. The Kier molecular flexibility index (Phi) is 9.07. The van der Waals surface area contributed by atoms with Crippen LogP contribution in [-0.4, -0.2) is 43.4 Å². The summed E-state index contributed by atoms with van der Waals surface area (Å²) >= 11 is 0. The molecule has 0 saturated carbocycles. The molecule has 0 spiro atoms. The number of alkyl halides is 3. The first-order chi connectivity index (χ1) is 22.0. The van der Waals surface area contributed by atoms with Crippen molar-refractivity contribution in [1.29, 1.82) is 0 Å². The highest BCUT2D eigenvalue weighted by Gasteiger charge is 2.35. The number of para-hydroxylation sites is 1. The number of pyridine rings is 1. The van der Waals surface area contributed by atoms with E-state index >= 15 is 0 Å². The summed E-state index contributed by atoms with van der Waals surface area (Å²) in [6.45, 7) is 0.564. The van der Waals surface area contributed by atoms with Gasteiger partial charge in [-0.15, -0.1) is 0 Å². The van der Waals surface area contributed by atoms with E-state index in [1.807, 2.05) is 0 Å². The molecule has 0 atom stereocenters. The lowest BCUT2D eigenvalue weighted by Crippen LogP contribution is -2.23. The molecule has 3 amide bonds. The molecule has 46 heavy (non-hydrogen) atoms. The highest BCUT2D eigenvalue weighted by molar-refractivity contribution is 6.11. The predicted octanol–water partition coefficient (Wildman–Crippen LogP) is 6.47. The van der Waals surface area contributed by atoms with Crippen molar-refractivity contribution in [3.63, 3.8) is 0 Å². The maximum atomic E-state index is 14.3. The number of ether oxygens (including phenoxy) is 1. The van der Waals surface area contributed by atoms with Crippen LogP contribution in [0.15, 0.2) is 72.9 Å². The van der Waals surface area contributed by atoms with Gasteiger partial charge in [0.05, 0.1) is 46.5 Å². The summed E-state index contributed by atoms with van der Waals surface area (Å²) in [6.07, 6.45) is -3.05. The molecule has 0 radical (unpaired) electrons. The van der Waals surface area contributed by atoms with Crippen LogP contribution in [0.5, 0.6) is 5.75 Å². The second-order valence-corrected chi connectivity index (χ2v) is 10.2. The number of amides is 3. The number of hydrogen-bond donors (Lipinski definition) is 4. The van der Waals surface area contributed by atoms with E-state index in [1.165, 1.54) is 26.3 Å². The van der Waals surface area contributed by atoms with Gasteiger partial charge in [-0.05, 0) is 48.9 Å². The van der Waals surface area contributed by atoms with Crippen molar-refractivity contribution in [2.45, 2.75) is 19.0 Å². The molecule has 1 aliphatic heterocycles. The van der Waals surface area contributed by atoms with Crippen LogP contribution in [0.25, 0.3) is 0 Å². The van der Waals surface area contributed by atoms with Crippen LogP contribution in [0, 0.1) is 5.82 Å². The van der Waals surface area contributed by atoms with Crippen molar-refractivity contribution in [2.75, 3.05) is 41.6 Å². The van der Waals surface area contributed by atoms with Gasteiger partial charge in [0.25, 0.3) is 11.8 Å². The second kappa shape index (κ2) is 13.1. The molecule has 2 heterocycles. The van der Waals surface area contributed by atoms with Crippen molar-refractivity contribution < 1.29 is 36.7 Å². The molecule has 0 bridgehead atoms. The molecule has 4 N–H and O–H groups in total. The molecule has 0 unspecified atom stereocenters. The topological polar surface area (TPSA) is 125 Å². The average molecular weight is 637 g/mol. The van der Waals surface area contributed by atoms with Gasteiger partial charge in [-0.2, -0.15) is 13.2 Å². The van der Waals surface area contributed by atoms with Crippen molar-refractivity contribution >= 4 is 52.0 Å². The van der Waals surface area contributed by atoms with Crippen LogP contribution in [0.4, 0.5) is 51.8 Å². The standard InChI is InChI=1S/C32H28F4N6O4/c1-37-30(44)20-6-3-4-7-23(20)41-31(45)21-14-18(33)9-11-24(21)39-26-16-28(38-17-22(26)32(34,35)36)40-25-12-10-19(15-27(25)46-2)42-13-5-8-29(42)43/h3-4,6-7,9-12,14-17H,5,8,13H2,1-2H3,(H,37,44)(H,41,45)(H2,38,39,40). The van der Waals surface area contributed by atoms with Gasteiger partial charge in [-0.25, -0.2) is 9.37 Å². The predicted molar refractivity (Wildman–Crippen MR) is 165 cm³/mol. The van der Waals surface area contributed by atoms with E-state index in [-0.39, 0.29) is 34.2 Å². The first-order valence-electron chi connectivity index (χ1n) is 14.0. The normalized spacial score (nSPS) is 12.9. The van der Waals surface area contributed by atoms with Crippen LogP contribution < -0.4 is 30.9 Å². The van der Waals surface area contributed by atoms with Crippen molar-refractivity contribution in [2.24, 2.45) is 0 Å². The zero-order chi connectivity index (χ0) is 33.0. The highest BCUT2D eigenvalue weighted by atomic mass is 19.4. The second-order valence-electron chi connectivity index (χ2n) is 10.2. The maximum absolute atomic E-state index is 14.3. The lowest BCUT2D eigenvalue weighted by molar-refractivity contribution is -0.137. The Balaban J connectivity index is 1.47. The number of aromatic nitrogens is 1. The first-order valence-corrected chi connectivity index (χ1v) is 14.0. The molecule has 14 heteroatoms. The summed E-state index contributed by atoms with van der Waals surface area (Å²) in [6, 6.07) is 15.1. The Bertz CT molecular complexity index is 1810. The molecule has 1 saturated heterocycles. The van der Waals surface area contributed by atoms with Crippen LogP contribution in [0.1, 0.15) is 39.1 Å². The number of carbonyl (C=O) groups is 3. The van der Waals surface area contributed by atoms with Crippen LogP contribution in [0.2, 0.25) is 0 Å². The molecule has 4 aromatic rings. The Morgan fingerprint density at radius 2 is 1.65 bits per heavy atom. The average Bonchev–Trinajstić information content (AvgIpc) is 3.47. The zero-order valence-corrected chi connectivity index (χ0v) is 24.6. The Morgan fingerprint density at radius 1 is 0.891 bits per heavy atom. The van der Waals surface area contributed by atoms with E-state index in [0.717, 1.165) is 30.7 Å². The van der Waals surface area contributed by atoms with Gasteiger partial charge in [-0.1, -0.05) is 12.1 Å². The summed E-state index contributed by atoms with van der Waals surface area (Å²) < 4.78 is 62.1. The summed E-state index contributed by atoms with van der Waals surface area (Å²) in [7, 11) is 2.82. The quantitative estimate of drug-likeness (QED) is 0.155. The molecule has 3 aromatic carbocycles. The van der Waals surface area contributed by atoms with Gasteiger partial charge in [0.15, 0.2) is 0 Å². The van der Waals surface area contributed by atoms with E-state index in [2.05, 4.69) is 26.3 Å². The lowest BCUT2D eigenvalue weighted by atomic mass is 10.1. The van der Waals surface area contributed by atoms with Crippen LogP contribution >= 0.6 is 0 Å². The monoisotopic (exact) mass is 636 g/mol. The fourth-order valence-corrected chi connectivity index (χ4v) is 4.94. The van der Waals surface area contributed by atoms with Gasteiger partial charge < -0.3 is 30.9 Å². The Hall–Kier alpha value is -5.66. The summed E-state index contributed by atoms with van der Waals surface area (Å²) in [5.41, 5.74) is -0.855. The smallest absolute Gasteiger partial charge is 0.419 e. The minimum atomic E-state index is -4.84. The fraction of sp³-hybridized carbons (Fsp3) is 0.188. The van der Waals surface area contributed by atoms with Crippen molar-refractivity contribution in [3.05, 3.63) is 95.4 Å². The van der Waals surface area contributed by atoms with Crippen LogP contribution in [0.3, 0.4) is 0 Å². The molecule has 0 aliphatic carbocycles. The van der Waals surface area contributed by atoms with E-state index in [1.54, 1.807) is 35.2 Å². The third kappa shape index (κ3) is 6.85. The van der Waals surface area contributed by atoms with Crippen molar-refractivity contribution in [3.8, 4) is 5.75 Å². The molecule has 238 valence electrons. The number of benzene rings is 3. The number of nitrogens with zero attached hydrogens (tertiary/aromatic N) is 2. The van der Waals surface area contributed by atoms with Gasteiger partial charge in [0.2, 0.25) is 5.91 Å². The number of anilines is 6. The fourth-order valence-electron chi connectivity index (χ4n) is 4.94. The Morgan fingerprint density at radius 3 is 2.35 bits per heavy atom. The number of halogens is 4. The van der Waals surface area contributed by atoms with Gasteiger partial charge in [0.1, 0.15) is 17.4 Å². The van der Waals surface area contributed by atoms with Crippen molar-refractivity contribution in [1.82, 2.24) is 10.3 Å². The van der Waals surface area contributed by atoms with Gasteiger partial charge >= 0.3 is 6.18 Å². The van der Waals surface area contributed by atoms with Gasteiger partial charge in [0, 0.05) is 44.0 Å². The molecule has 1 aliphatic rings. The molecular weight excluding hydrogens is 608 g/mol. The first kappa shape index (κ1) is 31.8. The molecule has 1 aromatic heterocycles. The molecule has 1 fully saturated rings. The van der Waals surface area contributed by atoms with E-state index in [4.69, 9.17) is 4.74 Å². The number of nitrogens with one attached hydrogen (secondary N) is 4.